The Morgan fingerprint density at radius 2 is 2.30 bits per heavy atom. The minimum Gasteiger partial charge on any atom is -0.480 e. The Kier molecular flexibility index (Phi) is 4.61. The SMILES string of the molecule is Cc1cc(CNC(=O)N2CCOCC2C(=O)O)sc1C. The van der Waals surface area contributed by atoms with Gasteiger partial charge in [0.05, 0.1) is 19.8 Å². The molecule has 1 fully saturated rings. The van der Waals surface area contributed by atoms with E-state index in [1.54, 1.807) is 11.3 Å². The highest BCUT2D eigenvalue weighted by Crippen LogP contribution is 2.20. The Morgan fingerprint density at radius 3 is 2.90 bits per heavy atom. The van der Waals surface area contributed by atoms with Crippen LogP contribution in [-0.4, -0.2) is 47.8 Å². The van der Waals surface area contributed by atoms with Gasteiger partial charge in [0.2, 0.25) is 0 Å². The number of carbonyl (C=O) groups is 2. The van der Waals surface area contributed by atoms with Crippen LogP contribution in [0.3, 0.4) is 0 Å². The van der Waals surface area contributed by atoms with Gasteiger partial charge in [0.1, 0.15) is 0 Å². The van der Waals surface area contributed by atoms with Crippen molar-refractivity contribution in [2.45, 2.75) is 26.4 Å². The van der Waals surface area contributed by atoms with Gasteiger partial charge in [0.15, 0.2) is 6.04 Å². The number of amides is 2. The topological polar surface area (TPSA) is 78.9 Å². The number of hydrogen-bond acceptors (Lipinski definition) is 4. The maximum atomic E-state index is 12.1. The normalized spacial score (nSPS) is 18.9. The van der Waals surface area contributed by atoms with Crippen LogP contribution in [0, 0.1) is 13.8 Å². The van der Waals surface area contributed by atoms with Gasteiger partial charge in [0, 0.05) is 16.3 Å². The Labute approximate surface area is 121 Å². The number of urea groups is 1. The van der Waals surface area contributed by atoms with Crippen LogP contribution in [0.4, 0.5) is 4.79 Å². The van der Waals surface area contributed by atoms with Gasteiger partial charge in [-0.2, -0.15) is 0 Å². The molecule has 1 atom stereocenters. The van der Waals surface area contributed by atoms with Crippen molar-refractivity contribution in [2.75, 3.05) is 19.8 Å². The van der Waals surface area contributed by atoms with Crippen LogP contribution < -0.4 is 5.32 Å². The first kappa shape index (κ1) is 14.8. The Bertz CT molecular complexity index is 495. The molecule has 1 aromatic rings. The molecule has 1 aliphatic heterocycles. The summed E-state index contributed by atoms with van der Waals surface area (Å²) >= 11 is 1.64. The van der Waals surface area contributed by atoms with E-state index in [4.69, 9.17) is 9.84 Å². The number of aliphatic carboxylic acids is 1. The van der Waals surface area contributed by atoms with E-state index in [0.717, 1.165) is 4.88 Å². The second-order valence-corrected chi connectivity index (χ2v) is 6.07. The Balaban J connectivity index is 1.94. The molecule has 110 valence electrons. The third kappa shape index (κ3) is 3.29. The van der Waals surface area contributed by atoms with E-state index in [-0.39, 0.29) is 12.6 Å². The molecular weight excluding hydrogens is 280 g/mol. The molecule has 1 aliphatic rings. The van der Waals surface area contributed by atoms with Gasteiger partial charge in [-0.1, -0.05) is 0 Å². The second-order valence-electron chi connectivity index (χ2n) is 4.73. The number of carboxylic acids is 1. The van der Waals surface area contributed by atoms with Crippen molar-refractivity contribution < 1.29 is 19.4 Å². The number of aryl methyl sites for hydroxylation is 2. The van der Waals surface area contributed by atoms with Crippen molar-refractivity contribution in [3.8, 4) is 0 Å². The molecule has 6 nitrogen and oxygen atoms in total. The molecule has 1 saturated heterocycles. The zero-order valence-corrected chi connectivity index (χ0v) is 12.3. The number of carboxylic acid groups (broad SMARTS) is 1. The van der Waals surface area contributed by atoms with E-state index >= 15 is 0 Å². The Morgan fingerprint density at radius 1 is 1.55 bits per heavy atom. The predicted octanol–water partition coefficient (Wildman–Crippen LogP) is 1.36. The molecule has 20 heavy (non-hydrogen) atoms. The third-order valence-electron chi connectivity index (χ3n) is 3.31. The second kappa shape index (κ2) is 6.23. The van der Waals surface area contributed by atoms with Crippen LogP contribution in [-0.2, 0) is 16.1 Å². The number of nitrogens with one attached hydrogen (secondary N) is 1. The molecule has 2 N–H and O–H groups in total. The van der Waals surface area contributed by atoms with Gasteiger partial charge in [-0.15, -0.1) is 11.3 Å². The summed E-state index contributed by atoms with van der Waals surface area (Å²) < 4.78 is 5.11. The zero-order valence-electron chi connectivity index (χ0n) is 11.5. The summed E-state index contributed by atoms with van der Waals surface area (Å²) in [5.41, 5.74) is 1.20. The molecule has 0 radical (unpaired) electrons. The fourth-order valence-electron chi connectivity index (χ4n) is 2.05. The third-order valence-corrected chi connectivity index (χ3v) is 4.46. The molecule has 0 bridgehead atoms. The molecule has 7 heteroatoms. The van der Waals surface area contributed by atoms with E-state index in [9.17, 15) is 9.59 Å². The number of rotatable bonds is 3. The molecule has 0 aromatic carbocycles. The van der Waals surface area contributed by atoms with Gasteiger partial charge in [-0.05, 0) is 25.5 Å². The van der Waals surface area contributed by atoms with Crippen molar-refractivity contribution in [2.24, 2.45) is 0 Å². The van der Waals surface area contributed by atoms with Crippen LogP contribution in [0.25, 0.3) is 0 Å². The van der Waals surface area contributed by atoms with Gasteiger partial charge < -0.3 is 20.1 Å². The summed E-state index contributed by atoms with van der Waals surface area (Å²) in [5.74, 6) is -1.04. The summed E-state index contributed by atoms with van der Waals surface area (Å²) in [5, 5.41) is 11.9. The highest BCUT2D eigenvalue weighted by molar-refractivity contribution is 7.12. The number of morpholine rings is 1. The van der Waals surface area contributed by atoms with Gasteiger partial charge in [0.25, 0.3) is 0 Å². The summed E-state index contributed by atoms with van der Waals surface area (Å²) in [4.78, 5) is 26.8. The van der Waals surface area contributed by atoms with E-state index in [0.29, 0.717) is 19.7 Å². The molecule has 1 unspecified atom stereocenters. The number of carbonyl (C=O) groups excluding carboxylic acids is 1. The maximum Gasteiger partial charge on any atom is 0.328 e. The van der Waals surface area contributed by atoms with Crippen LogP contribution in [0.1, 0.15) is 15.3 Å². The molecule has 0 saturated carbocycles. The van der Waals surface area contributed by atoms with Crippen molar-refractivity contribution in [3.63, 3.8) is 0 Å². The monoisotopic (exact) mass is 298 g/mol. The highest BCUT2D eigenvalue weighted by atomic mass is 32.1. The van der Waals surface area contributed by atoms with E-state index in [1.165, 1.54) is 15.3 Å². The fourth-order valence-corrected chi connectivity index (χ4v) is 3.05. The van der Waals surface area contributed by atoms with Gasteiger partial charge in [-0.25, -0.2) is 9.59 Å². The van der Waals surface area contributed by atoms with Crippen molar-refractivity contribution >= 4 is 23.3 Å². The van der Waals surface area contributed by atoms with E-state index < -0.39 is 12.0 Å². The smallest absolute Gasteiger partial charge is 0.328 e. The van der Waals surface area contributed by atoms with Crippen molar-refractivity contribution in [3.05, 3.63) is 21.4 Å². The lowest BCUT2D eigenvalue weighted by Crippen LogP contribution is -2.55. The van der Waals surface area contributed by atoms with Crippen molar-refractivity contribution in [1.29, 1.82) is 0 Å². The van der Waals surface area contributed by atoms with Crippen LogP contribution in [0.15, 0.2) is 6.07 Å². The first-order valence-corrected chi connectivity index (χ1v) is 7.21. The molecular formula is C13H18N2O4S. The minimum atomic E-state index is -1.04. The molecule has 2 heterocycles. The number of hydrogen-bond donors (Lipinski definition) is 2. The first-order chi connectivity index (χ1) is 9.49. The van der Waals surface area contributed by atoms with Crippen LogP contribution in [0.2, 0.25) is 0 Å². The first-order valence-electron chi connectivity index (χ1n) is 6.40. The highest BCUT2D eigenvalue weighted by Gasteiger charge is 2.32. The lowest BCUT2D eigenvalue weighted by molar-refractivity contribution is -0.147. The van der Waals surface area contributed by atoms with Crippen LogP contribution in [0.5, 0.6) is 0 Å². The average molecular weight is 298 g/mol. The number of ether oxygens (including phenoxy) is 1. The van der Waals surface area contributed by atoms with E-state index in [1.807, 2.05) is 19.9 Å². The molecule has 1 aromatic heterocycles. The molecule has 0 spiro atoms. The van der Waals surface area contributed by atoms with Gasteiger partial charge >= 0.3 is 12.0 Å². The summed E-state index contributed by atoms with van der Waals surface area (Å²) in [6.45, 7) is 5.19. The summed E-state index contributed by atoms with van der Waals surface area (Å²) in [6.07, 6.45) is 0. The lowest BCUT2D eigenvalue weighted by atomic mass is 10.2. The largest absolute Gasteiger partial charge is 0.480 e. The molecule has 0 aliphatic carbocycles. The zero-order chi connectivity index (χ0) is 14.7. The molecule has 2 amide bonds. The predicted molar refractivity (Wildman–Crippen MR) is 75.0 cm³/mol. The van der Waals surface area contributed by atoms with Crippen molar-refractivity contribution in [1.82, 2.24) is 10.2 Å². The lowest BCUT2D eigenvalue weighted by Gasteiger charge is -2.32. The number of nitrogens with zero attached hydrogens (tertiary/aromatic N) is 1. The summed E-state index contributed by atoms with van der Waals surface area (Å²) in [7, 11) is 0. The standard InChI is InChI=1S/C13H18N2O4S/c1-8-5-10(20-9(8)2)6-14-13(18)15-3-4-19-7-11(15)12(16)17/h5,11H,3-4,6-7H2,1-2H3,(H,14,18)(H,16,17). The van der Waals surface area contributed by atoms with Gasteiger partial charge in [-0.3, -0.25) is 0 Å². The molecule has 2 rings (SSSR count). The Hall–Kier alpha value is -1.60. The minimum absolute atomic E-state index is 0.0416. The fraction of sp³-hybridized carbons (Fsp3) is 0.538. The quantitative estimate of drug-likeness (QED) is 0.883. The van der Waals surface area contributed by atoms with E-state index in [2.05, 4.69) is 5.32 Å². The summed E-state index contributed by atoms with van der Waals surface area (Å²) in [6, 6.07) is 0.772. The maximum absolute atomic E-state index is 12.1. The average Bonchev–Trinajstić information content (AvgIpc) is 2.75. The van der Waals surface area contributed by atoms with Crippen LogP contribution >= 0.6 is 11.3 Å². The number of thiophene rings is 1.